The molecule has 1 aromatic carbocycles. The minimum atomic E-state index is -0.0315. The van der Waals surface area contributed by atoms with Crippen LogP contribution >= 0.6 is 23.2 Å². The van der Waals surface area contributed by atoms with Crippen molar-refractivity contribution in [3.05, 3.63) is 56.7 Å². The third kappa shape index (κ3) is 2.62. The Morgan fingerprint density at radius 3 is 2.50 bits per heavy atom. The van der Waals surface area contributed by atoms with Gasteiger partial charge in [-0.2, -0.15) is 0 Å². The molecule has 0 aliphatic heterocycles. The van der Waals surface area contributed by atoms with E-state index in [9.17, 15) is 4.79 Å². The number of nitrogens with zero attached hydrogens (tertiary/aromatic N) is 2. The predicted molar refractivity (Wildman–Crippen MR) is 74.6 cm³/mol. The third-order valence-corrected chi connectivity index (χ3v) is 3.37. The van der Waals surface area contributed by atoms with Crippen molar-refractivity contribution in [2.24, 2.45) is 0 Å². The van der Waals surface area contributed by atoms with Gasteiger partial charge >= 0.3 is 5.69 Å². The van der Waals surface area contributed by atoms with Crippen LogP contribution in [-0.2, 0) is 6.54 Å². The minimum Gasteiger partial charge on any atom is -0.297 e. The number of hydrogen-bond acceptors (Lipinski definition) is 1. The van der Waals surface area contributed by atoms with Gasteiger partial charge in [-0.05, 0) is 31.5 Å². The first-order valence-electron chi connectivity index (χ1n) is 5.70. The molecule has 0 radical (unpaired) electrons. The highest BCUT2D eigenvalue weighted by Crippen LogP contribution is 2.21. The van der Waals surface area contributed by atoms with E-state index < -0.39 is 0 Å². The largest absolute Gasteiger partial charge is 0.328 e. The molecule has 0 saturated carbocycles. The number of hydrogen-bond donors (Lipinski definition) is 0. The van der Waals surface area contributed by atoms with Crippen LogP contribution < -0.4 is 5.69 Å². The van der Waals surface area contributed by atoms with Crippen molar-refractivity contribution >= 4 is 23.2 Å². The average Bonchev–Trinajstić information content (AvgIpc) is 2.64. The van der Waals surface area contributed by atoms with E-state index in [1.54, 1.807) is 33.7 Å². The fraction of sp³-hybridized carbons (Fsp3) is 0.308. The molecule has 0 bridgehead atoms. The Labute approximate surface area is 116 Å². The summed E-state index contributed by atoms with van der Waals surface area (Å²) in [7, 11) is 0. The Morgan fingerprint density at radius 2 is 1.94 bits per heavy atom. The number of imidazole rings is 1. The highest BCUT2D eigenvalue weighted by Gasteiger charge is 2.08. The van der Waals surface area contributed by atoms with Gasteiger partial charge in [0, 0.05) is 28.5 Å². The first kappa shape index (κ1) is 13.2. The van der Waals surface area contributed by atoms with Crippen LogP contribution in [0.5, 0.6) is 0 Å². The summed E-state index contributed by atoms with van der Waals surface area (Å²) in [5.74, 6) is 0. The second-order valence-corrected chi connectivity index (χ2v) is 5.29. The molecule has 0 unspecified atom stereocenters. The molecule has 0 aliphatic rings. The van der Waals surface area contributed by atoms with Gasteiger partial charge in [0.15, 0.2) is 0 Å². The number of rotatable bonds is 3. The maximum Gasteiger partial charge on any atom is 0.328 e. The van der Waals surface area contributed by atoms with Crippen LogP contribution in [0, 0.1) is 0 Å². The van der Waals surface area contributed by atoms with Crippen molar-refractivity contribution in [3.63, 3.8) is 0 Å². The van der Waals surface area contributed by atoms with Crippen LogP contribution in [0.2, 0.25) is 10.0 Å². The van der Waals surface area contributed by atoms with Gasteiger partial charge in [-0.15, -0.1) is 0 Å². The maximum absolute atomic E-state index is 12.0. The van der Waals surface area contributed by atoms with Gasteiger partial charge in [-0.1, -0.05) is 29.3 Å². The summed E-state index contributed by atoms with van der Waals surface area (Å²) < 4.78 is 3.32. The molecule has 3 nitrogen and oxygen atoms in total. The molecule has 2 rings (SSSR count). The average molecular weight is 285 g/mol. The lowest BCUT2D eigenvalue weighted by atomic mass is 10.2. The van der Waals surface area contributed by atoms with Crippen LogP contribution in [0.15, 0.2) is 35.4 Å². The topological polar surface area (TPSA) is 26.9 Å². The Morgan fingerprint density at radius 1 is 1.22 bits per heavy atom. The molecular formula is C13H14Cl2N2O. The van der Waals surface area contributed by atoms with Crippen molar-refractivity contribution in [1.82, 2.24) is 9.13 Å². The highest BCUT2D eigenvalue weighted by atomic mass is 35.5. The molecule has 0 fully saturated rings. The van der Waals surface area contributed by atoms with E-state index >= 15 is 0 Å². The molecular weight excluding hydrogens is 271 g/mol. The first-order chi connectivity index (χ1) is 8.49. The lowest BCUT2D eigenvalue weighted by molar-refractivity contribution is 0.561. The summed E-state index contributed by atoms with van der Waals surface area (Å²) in [6.45, 7) is 4.40. The monoisotopic (exact) mass is 284 g/mol. The number of benzene rings is 1. The minimum absolute atomic E-state index is 0.0315. The summed E-state index contributed by atoms with van der Waals surface area (Å²) in [4.78, 5) is 12.0. The van der Waals surface area contributed by atoms with E-state index in [-0.39, 0.29) is 11.7 Å². The van der Waals surface area contributed by atoms with E-state index in [1.807, 2.05) is 19.9 Å². The summed E-state index contributed by atoms with van der Waals surface area (Å²) in [6.07, 6.45) is 3.56. The predicted octanol–water partition coefficient (Wildman–Crippen LogP) is 3.59. The lowest BCUT2D eigenvalue weighted by Crippen LogP contribution is -2.25. The van der Waals surface area contributed by atoms with Crippen molar-refractivity contribution < 1.29 is 0 Å². The van der Waals surface area contributed by atoms with Gasteiger partial charge in [-0.25, -0.2) is 4.79 Å². The molecule has 0 saturated heterocycles. The Kier molecular flexibility index (Phi) is 3.83. The Hall–Kier alpha value is -1.19. The van der Waals surface area contributed by atoms with Gasteiger partial charge in [0.2, 0.25) is 0 Å². The zero-order valence-electron chi connectivity index (χ0n) is 10.2. The van der Waals surface area contributed by atoms with E-state index in [1.165, 1.54) is 0 Å². The zero-order valence-corrected chi connectivity index (χ0v) is 11.7. The van der Waals surface area contributed by atoms with E-state index in [4.69, 9.17) is 23.2 Å². The molecule has 18 heavy (non-hydrogen) atoms. The lowest BCUT2D eigenvalue weighted by Gasteiger charge is -2.06. The van der Waals surface area contributed by atoms with Gasteiger partial charge in [0.25, 0.3) is 0 Å². The fourth-order valence-electron chi connectivity index (χ4n) is 1.77. The van der Waals surface area contributed by atoms with Gasteiger partial charge in [-0.3, -0.25) is 9.13 Å². The van der Waals surface area contributed by atoms with E-state index in [2.05, 4.69) is 0 Å². The van der Waals surface area contributed by atoms with Crippen LogP contribution in [0.1, 0.15) is 25.5 Å². The molecule has 96 valence electrons. The normalized spacial score (nSPS) is 11.2. The molecule has 1 aromatic heterocycles. The fourth-order valence-corrected chi connectivity index (χ4v) is 2.24. The van der Waals surface area contributed by atoms with Crippen LogP contribution in [-0.4, -0.2) is 9.13 Å². The molecule has 5 heteroatoms. The van der Waals surface area contributed by atoms with Gasteiger partial charge < -0.3 is 0 Å². The van der Waals surface area contributed by atoms with Crippen LogP contribution in [0.3, 0.4) is 0 Å². The standard InChI is InChI=1S/C13H14Cl2N2O/c1-9(2)17-6-5-16(13(17)18)8-10-3-4-11(14)7-12(10)15/h3-7,9H,8H2,1-2H3. The van der Waals surface area contributed by atoms with Gasteiger partial charge in [0.1, 0.15) is 0 Å². The van der Waals surface area contributed by atoms with Gasteiger partial charge in [0.05, 0.1) is 6.54 Å². The van der Waals surface area contributed by atoms with Crippen LogP contribution in [0.4, 0.5) is 0 Å². The maximum atomic E-state index is 12.0. The van der Waals surface area contributed by atoms with Crippen LogP contribution in [0.25, 0.3) is 0 Å². The molecule has 0 aliphatic carbocycles. The SMILES string of the molecule is CC(C)n1ccn(Cc2ccc(Cl)cc2Cl)c1=O. The molecule has 0 atom stereocenters. The molecule has 0 amide bonds. The van der Waals surface area contributed by atoms with Crippen molar-refractivity contribution in [2.75, 3.05) is 0 Å². The third-order valence-electron chi connectivity index (χ3n) is 2.79. The second kappa shape index (κ2) is 5.21. The second-order valence-electron chi connectivity index (χ2n) is 4.45. The molecule has 0 N–H and O–H groups in total. The summed E-state index contributed by atoms with van der Waals surface area (Å²) in [5.41, 5.74) is 0.848. The summed E-state index contributed by atoms with van der Waals surface area (Å²) in [6, 6.07) is 5.44. The first-order valence-corrected chi connectivity index (χ1v) is 6.46. The van der Waals surface area contributed by atoms with Crippen molar-refractivity contribution in [2.45, 2.75) is 26.4 Å². The number of aromatic nitrogens is 2. The van der Waals surface area contributed by atoms with Crippen molar-refractivity contribution in [3.8, 4) is 0 Å². The van der Waals surface area contributed by atoms with Crippen molar-refractivity contribution in [1.29, 1.82) is 0 Å². The zero-order chi connectivity index (χ0) is 13.3. The van der Waals surface area contributed by atoms with E-state index in [0.717, 1.165) is 5.56 Å². The summed E-state index contributed by atoms with van der Waals surface area (Å²) in [5, 5.41) is 1.17. The summed E-state index contributed by atoms with van der Waals surface area (Å²) >= 11 is 11.9. The Bertz CT molecular complexity index is 614. The molecule has 1 heterocycles. The Balaban J connectivity index is 2.32. The smallest absolute Gasteiger partial charge is 0.297 e. The van der Waals surface area contributed by atoms with E-state index in [0.29, 0.717) is 16.6 Å². The molecule has 2 aromatic rings. The highest BCUT2D eigenvalue weighted by molar-refractivity contribution is 6.35. The molecule has 0 spiro atoms. The number of halogens is 2. The quantitative estimate of drug-likeness (QED) is 0.846.